The molecule has 0 aromatic heterocycles. The van der Waals surface area contributed by atoms with E-state index in [4.69, 9.17) is 0 Å². The molecule has 0 saturated heterocycles. The SMILES string of the molecule is C[Se]CC(O)C(=O)NC1CC1. The van der Waals surface area contributed by atoms with Crippen molar-refractivity contribution in [1.82, 2.24) is 5.32 Å². The molecular weight excluding hydrogens is 209 g/mol. The summed E-state index contributed by atoms with van der Waals surface area (Å²) in [4.78, 5) is 11.0. The summed E-state index contributed by atoms with van der Waals surface area (Å²) in [6.45, 7) is 0. The Labute approximate surface area is 72.7 Å². The predicted molar refractivity (Wildman–Crippen MR) is 43.6 cm³/mol. The average molecular weight is 222 g/mol. The van der Waals surface area contributed by atoms with Crippen molar-refractivity contribution >= 4 is 20.9 Å². The summed E-state index contributed by atoms with van der Waals surface area (Å²) in [5, 5.41) is 12.6. The zero-order valence-corrected chi connectivity index (χ0v) is 8.25. The van der Waals surface area contributed by atoms with E-state index < -0.39 is 6.10 Å². The number of aliphatic hydroxyl groups is 1. The van der Waals surface area contributed by atoms with Crippen molar-refractivity contribution in [3.8, 4) is 0 Å². The summed E-state index contributed by atoms with van der Waals surface area (Å²) < 4.78 is 0. The Hall–Kier alpha value is -0.0505. The molecule has 0 bridgehead atoms. The van der Waals surface area contributed by atoms with Gasteiger partial charge in [0, 0.05) is 0 Å². The Morgan fingerprint density at radius 3 is 2.91 bits per heavy atom. The Morgan fingerprint density at radius 2 is 2.45 bits per heavy atom. The van der Waals surface area contributed by atoms with Gasteiger partial charge in [0.1, 0.15) is 0 Å². The van der Waals surface area contributed by atoms with E-state index in [0.717, 1.165) is 12.8 Å². The molecule has 0 radical (unpaired) electrons. The van der Waals surface area contributed by atoms with Crippen LogP contribution in [0.25, 0.3) is 0 Å². The summed E-state index contributed by atoms with van der Waals surface area (Å²) in [7, 11) is 0. The Bertz CT molecular complexity index is 147. The first-order valence-corrected chi connectivity index (χ1v) is 6.64. The molecule has 11 heavy (non-hydrogen) atoms. The molecule has 0 heterocycles. The number of nitrogens with one attached hydrogen (secondary N) is 1. The summed E-state index contributed by atoms with van der Waals surface area (Å²) in [6.07, 6.45) is 1.39. The number of aliphatic hydroxyl groups excluding tert-OH is 1. The second-order valence-electron chi connectivity index (χ2n) is 2.75. The van der Waals surface area contributed by atoms with E-state index in [2.05, 4.69) is 5.32 Å². The van der Waals surface area contributed by atoms with Crippen molar-refractivity contribution in [1.29, 1.82) is 0 Å². The summed E-state index contributed by atoms with van der Waals surface area (Å²) >= 11 is 0.375. The van der Waals surface area contributed by atoms with E-state index in [9.17, 15) is 9.90 Å². The van der Waals surface area contributed by atoms with Crippen LogP contribution in [0.3, 0.4) is 0 Å². The van der Waals surface area contributed by atoms with Gasteiger partial charge in [-0.25, -0.2) is 0 Å². The van der Waals surface area contributed by atoms with Crippen molar-refractivity contribution in [3.63, 3.8) is 0 Å². The van der Waals surface area contributed by atoms with Gasteiger partial charge in [-0.05, 0) is 0 Å². The van der Waals surface area contributed by atoms with Crippen molar-refractivity contribution in [3.05, 3.63) is 0 Å². The summed E-state index contributed by atoms with van der Waals surface area (Å²) in [5.74, 6) is 1.83. The molecule has 0 spiro atoms. The van der Waals surface area contributed by atoms with Crippen molar-refractivity contribution in [2.75, 3.05) is 0 Å². The van der Waals surface area contributed by atoms with Gasteiger partial charge in [0.25, 0.3) is 0 Å². The first kappa shape index (κ1) is 9.04. The quantitative estimate of drug-likeness (QED) is 0.647. The molecule has 1 aliphatic rings. The third-order valence-corrected chi connectivity index (χ3v) is 2.91. The van der Waals surface area contributed by atoms with Gasteiger partial charge < -0.3 is 0 Å². The third kappa shape index (κ3) is 3.23. The molecule has 1 atom stereocenters. The molecule has 3 nitrogen and oxygen atoms in total. The zero-order chi connectivity index (χ0) is 8.27. The van der Waals surface area contributed by atoms with E-state index >= 15 is 0 Å². The zero-order valence-electron chi connectivity index (χ0n) is 6.54. The van der Waals surface area contributed by atoms with Crippen LogP contribution >= 0.6 is 0 Å². The first-order valence-electron chi connectivity index (χ1n) is 3.71. The van der Waals surface area contributed by atoms with E-state index in [1.807, 2.05) is 5.82 Å². The number of carbonyl (C=O) groups excluding carboxylic acids is 1. The standard InChI is InChI=1S/C7H13NO2Se/c1-11-4-6(9)7(10)8-5-2-3-5/h5-6,9H,2-4H2,1H3,(H,8,10). The Kier molecular flexibility index (Phi) is 3.37. The Balaban J connectivity index is 2.15. The van der Waals surface area contributed by atoms with E-state index in [1.54, 1.807) is 0 Å². The normalized spacial score (nSPS) is 19.5. The third-order valence-electron chi connectivity index (χ3n) is 1.55. The second kappa shape index (κ2) is 4.10. The molecule has 1 aliphatic carbocycles. The van der Waals surface area contributed by atoms with Crippen LogP contribution in [-0.4, -0.2) is 38.1 Å². The molecule has 64 valence electrons. The molecule has 1 fully saturated rings. The molecule has 1 amide bonds. The fraction of sp³-hybridized carbons (Fsp3) is 0.857. The van der Waals surface area contributed by atoms with Gasteiger partial charge >= 0.3 is 72.2 Å². The van der Waals surface area contributed by atoms with E-state index in [1.165, 1.54) is 0 Å². The molecule has 1 saturated carbocycles. The van der Waals surface area contributed by atoms with Crippen LogP contribution in [0, 0.1) is 0 Å². The summed E-state index contributed by atoms with van der Waals surface area (Å²) in [6, 6.07) is 0.363. The number of amides is 1. The number of hydrogen-bond donors (Lipinski definition) is 2. The van der Waals surface area contributed by atoms with Gasteiger partial charge in [-0.3, -0.25) is 0 Å². The average Bonchev–Trinajstić information content (AvgIpc) is 2.72. The minimum absolute atomic E-state index is 0.184. The molecule has 0 aromatic rings. The van der Waals surface area contributed by atoms with Gasteiger partial charge in [0.05, 0.1) is 0 Å². The van der Waals surface area contributed by atoms with Gasteiger partial charge in [-0.1, -0.05) is 0 Å². The number of hydrogen-bond acceptors (Lipinski definition) is 2. The molecular formula is C7H13NO2Se. The van der Waals surface area contributed by atoms with Crippen LogP contribution in [0.15, 0.2) is 0 Å². The fourth-order valence-electron chi connectivity index (χ4n) is 0.759. The maximum absolute atomic E-state index is 11.0. The molecule has 1 unspecified atom stereocenters. The first-order chi connectivity index (χ1) is 5.24. The molecule has 0 aliphatic heterocycles. The number of carbonyl (C=O) groups is 1. The van der Waals surface area contributed by atoms with Crippen LogP contribution < -0.4 is 5.32 Å². The van der Waals surface area contributed by atoms with Crippen molar-refractivity contribution in [2.24, 2.45) is 0 Å². The van der Waals surface area contributed by atoms with Gasteiger partial charge in [0.2, 0.25) is 0 Å². The predicted octanol–water partition coefficient (Wildman–Crippen LogP) is -0.204. The van der Waals surface area contributed by atoms with Crippen LogP contribution in [-0.2, 0) is 4.79 Å². The minimum atomic E-state index is -0.763. The van der Waals surface area contributed by atoms with Crippen LogP contribution in [0.2, 0.25) is 11.1 Å². The van der Waals surface area contributed by atoms with Crippen molar-refractivity contribution < 1.29 is 9.90 Å². The second-order valence-corrected chi connectivity index (χ2v) is 4.66. The maximum atomic E-state index is 11.0. The Morgan fingerprint density at radius 1 is 1.82 bits per heavy atom. The number of rotatable bonds is 4. The van der Waals surface area contributed by atoms with Gasteiger partial charge in [-0.15, -0.1) is 0 Å². The topological polar surface area (TPSA) is 49.3 Å². The molecule has 2 N–H and O–H groups in total. The van der Waals surface area contributed by atoms with Gasteiger partial charge in [-0.2, -0.15) is 0 Å². The van der Waals surface area contributed by atoms with Crippen LogP contribution in [0.5, 0.6) is 0 Å². The fourth-order valence-corrected chi connectivity index (χ4v) is 1.74. The van der Waals surface area contributed by atoms with Crippen LogP contribution in [0.1, 0.15) is 12.8 Å². The van der Waals surface area contributed by atoms with E-state index in [-0.39, 0.29) is 5.91 Å². The van der Waals surface area contributed by atoms with Gasteiger partial charge in [0.15, 0.2) is 0 Å². The summed E-state index contributed by atoms with van der Waals surface area (Å²) in [5.41, 5.74) is 0. The molecule has 4 heteroatoms. The monoisotopic (exact) mass is 223 g/mol. The van der Waals surface area contributed by atoms with E-state index in [0.29, 0.717) is 26.3 Å². The van der Waals surface area contributed by atoms with Crippen LogP contribution in [0.4, 0.5) is 0 Å². The van der Waals surface area contributed by atoms with Crippen molar-refractivity contribution in [2.45, 2.75) is 36.1 Å². The molecule has 0 aromatic carbocycles. The molecule has 1 rings (SSSR count).